The van der Waals surface area contributed by atoms with Crippen LogP contribution in [0.15, 0.2) is 0 Å². The van der Waals surface area contributed by atoms with Gasteiger partial charge >= 0.3 is 14.2 Å². The molecule has 0 saturated carbocycles. The van der Waals surface area contributed by atoms with Crippen LogP contribution < -0.4 is 0 Å². The molecule has 1 amide bonds. The van der Waals surface area contributed by atoms with E-state index in [1.807, 2.05) is 0 Å². The van der Waals surface area contributed by atoms with Gasteiger partial charge in [0.05, 0.1) is 17.7 Å². The highest BCUT2D eigenvalue weighted by atomic mass is 31.1. The molecule has 1 aliphatic rings. The van der Waals surface area contributed by atoms with E-state index < -0.39 is 20.1 Å². The molecule has 0 radical (unpaired) electrons. The summed E-state index contributed by atoms with van der Waals surface area (Å²) in [7, 11) is -1.54. The second-order valence-electron chi connectivity index (χ2n) is 3.40. The molecule has 1 saturated heterocycles. The molecule has 96 valence electrons. The summed E-state index contributed by atoms with van der Waals surface area (Å²) in [6, 6.07) is 0. The number of hydrogen-bond acceptors (Lipinski definition) is 6. The summed E-state index contributed by atoms with van der Waals surface area (Å²) in [4.78, 5) is 36.7. The fourth-order valence-corrected chi connectivity index (χ4v) is 1.71. The lowest BCUT2D eigenvalue weighted by atomic mass is 10.1. The lowest BCUT2D eigenvalue weighted by Gasteiger charge is -2.14. The minimum atomic E-state index is -2.81. The number of carbonyl (C=O) groups is 2. The van der Waals surface area contributed by atoms with Crippen LogP contribution in [0.5, 0.6) is 0 Å². The molecule has 1 rings (SSSR count). The Hall–Kier alpha value is -1.08. The molecule has 0 aromatic rings. The summed E-state index contributed by atoms with van der Waals surface area (Å²) in [6.45, 7) is 0.414. The first-order valence-corrected chi connectivity index (χ1v) is 5.99. The van der Waals surface area contributed by atoms with E-state index in [9.17, 15) is 14.2 Å². The minimum Gasteiger partial charge on any atom is -0.469 e. The van der Waals surface area contributed by atoms with Crippen molar-refractivity contribution in [2.24, 2.45) is 5.92 Å². The Morgan fingerprint density at radius 3 is 2.94 bits per heavy atom. The molecular formula is C8H13NO7P+. The zero-order valence-corrected chi connectivity index (χ0v) is 10.1. The van der Waals surface area contributed by atoms with Crippen molar-refractivity contribution in [1.29, 1.82) is 0 Å². The van der Waals surface area contributed by atoms with E-state index in [2.05, 4.69) is 14.3 Å². The van der Waals surface area contributed by atoms with Crippen molar-refractivity contribution in [3.63, 3.8) is 0 Å². The molecule has 0 aromatic heterocycles. The van der Waals surface area contributed by atoms with Crippen molar-refractivity contribution in [2.75, 3.05) is 26.8 Å². The first-order chi connectivity index (χ1) is 8.04. The van der Waals surface area contributed by atoms with Gasteiger partial charge in [0, 0.05) is 24.1 Å². The molecule has 0 bridgehead atoms. The van der Waals surface area contributed by atoms with Gasteiger partial charge in [0.2, 0.25) is 5.91 Å². The number of rotatable bonds is 6. The molecule has 0 aromatic carbocycles. The predicted octanol–water partition coefficient (Wildman–Crippen LogP) is -0.394. The summed E-state index contributed by atoms with van der Waals surface area (Å²) in [5.41, 5.74) is 0. The maximum atomic E-state index is 11.4. The predicted molar refractivity (Wildman–Crippen MR) is 53.6 cm³/mol. The molecule has 2 atom stereocenters. The van der Waals surface area contributed by atoms with Crippen LogP contribution in [0.1, 0.15) is 6.42 Å². The van der Waals surface area contributed by atoms with Gasteiger partial charge in [-0.1, -0.05) is 0 Å². The first kappa shape index (κ1) is 14.0. The SMILES string of the molecule is COC(=O)C1CC(=O)N(CCOO[P+](=O)O)C1. The van der Waals surface area contributed by atoms with Crippen molar-refractivity contribution in [1.82, 2.24) is 4.90 Å². The molecule has 8 nitrogen and oxygen atoms in total. The van der Waals surface area contributed by atoms with E-state index in [4.69, 9.17) is 4.89 Å². The fraction of sp³-hybridized carbons (Fsp3) is 0.750. The van der Waals surface area contributed by atoms with Gasteiger partial charge in [-0.25, -0.2) is 0 Å². The van der Waals surface area contributed by atoms with E-state index >= 15 is 0 Å². The Morgan fingerprint density at radius 1 is 1.65 bits per heavy atom. The average Bonchev–Trinajstić information content (AvgIpc) is 2.65. The highest BCUT2D eigenvalue weighted by Gasteiger charge is 2.34. The van der Waals surface area contributed by atoms with Gasteiger partial charge in [0.25, 0.3) is 0 Å². The Balaban J connectivity index is 2.28. The number of carbonyl (C=O) groups excluding carboxylic acids is 2. The van der Waals surface area contributed by atoms with E-state index in [-0.39, 0.29) is 32.0 Å². The molecule has 2 unspecified atom stereocenters. The van der Waals surface area contributed by atoms with Gasteiger partial charge in [0.1, 0.15) is 6.61 Å². The van der Waals surface area contributed by atoms with E-state index in [0.717, 1.165) is 0 Å². The van der Waals surface area contributed by atoms with Crippen molar-refractivity contribution in [3.8, 4) is 0 Å². The highest BCUT2D eigenvalue weighted by molar-refractivity contribution is 7.31. The zero-order valence-electron chi connectivity index (χ0n) is 9.20. The second kappa shape index (κ2) is 6.61. The Morgan fingerprint density at radius 2 is 2.35 bits per heavy atom. The largest absolute Gasteiger partial charge is 0.725 e. The van der Waals surface area contributed by atoms with Crippen molar-refractivity contribution in [3.05, 3.63) is 0 Å². The second-order valence-corrected chi connectivity index (χ2v) is 4.02. The van der Waals surface area contributed by atoms with Crippen LogP contribution in [0.2, 0.25) is 0 Å². The molecule has 9 heteroatoms. The van der Waals surface area contributed by atoms with Gasteiger partial charge in [-0.15, -0.1) is 4.89 Å². The molecule has 0 aliphatic carbocycles. The summed E-state index contributed by atoms with van der Waals surface area (Å²) >= 11 is 0. The van der Waals surface area contributed by atoms with Gasteiger partial charge in [0.15, 0.2) is 0 Å². The van der Waals surface area contributed by atoms with Crippen LogP contribution in [0.25, 0.3) is 0 Å². The fourth-order valence-electron chi connectivity index (χ4n) is 1.54. The molecule has 0 spiro atoms. The number of ether oxygens (including phenoxy) is 1. The normalized spacial score (nSPS) is 20.6. The average molecular weight is 266 g/mol. The van der Waals surface area contributed by atoms with E-state index in [1.54, 1.807) is 0 Å². The maximum Gasteiger partial charge on any atom is 0.725 e. The summed E-state index contributed by atoms with van der Waals surface area (Å²) < 4.78 is 18.6. The third-order valence-corrected chi connectivity index (χ3v) is 2.54. The van der Waals surface area contributed by atoms with Crippen molar-refractivity contribution in [2.45, 2.75) is 6.42 Å². The maximum absolute atomic E-state index is 11.4. The molecule has 17 heavy (non-hydrogen) atoms. The third kappa shape index (κ3) is 4.35. The summed E-state index contributed by atoms with van der Waals surface area (Å²) in [5, 5.41) is 0. The van der Waals surface area contributed by atoms with Crippen LogP contribution in [0.4, 0.5) is 0 Å². The van der Waals surface area contributed by atoms with Crippen LogP contribution >= 0.6 is 8.25 Å². The van der Waals surface area contributed by atoms with Crippen LogP contribution in [-0.4, -0.2) is 48.5 Å². The topological polar surface area (TPSA) is 102 Å². The first-order valence-electron chi connectivity index (χ1n) is 4.86. The Kier molecular flexibility index (Phi) is 5.43. The van der Waals surface area contributed by atoms with E-state index in [0.29, 0.717) is 0 Å². The van der Waals surface area contributed by atoms with Crippen molar-refractivity contribution < 1.29 is 33.3 Å². The lowest BCUT2D eigenvalue weighted by molar-refractivity contribution is -0.209. The monoisotopic (exact) mass is 266 g/mol. The molecule has 1 fully saturated rings. The quantitative estimate of drug-likeness (QED) is 0.229. The number of esters is 1. The van der Waals surface area contributed by atoms with Gasteiger partial charge in [-0.2, -0.15) is 4.89 Å². The smallest absolute Gasteiger partial charge is 0.469 e. The Bertz CT molecular complexity index is 321. The third-order valence-electron chi connectivity index (χ3n) is 2.31. The number of amides is 1. The van der Waals surface area contributed by atoms with Gasteiger partial charge in [-0.3, -0.25) is 9.59 Å². The Labute approximate surface area is 98.3 Å². The lowest BCUT2D eigenvalue weighted by Crippen LogP contribution is -2.29. The standard InChI is InChI=1S/C8H12NO7P/c1-14-8(11)6-4-7(10)9(5-6)2-3-15-16-17(12)13/h6H,2-5H2,1H3/p+1. The number of hydrogen-bond donors (Lipinski definition) is 1. The van der Waals surface area contributed by atoms with E-state index in [1.165, 1.54) is 12.0 Å². The summed E-state index contributed by atoms with van der Waals surface area (Å²) in [5.74, 6) is -1.06. The van der Waals surface area contributed by atoms with Crippen molar-refractivity contribution >= 4 is 20.1 Å². The number of nitrogens with zero attached hydrogens (tertiary/aromatic N) is 1. The highest BCUT2D eigenvalue weighted by Crippen LogP contribution is 2.19. The summed E-state index contributed by atoms with van der Waals surface area (Å²) in [6.07, 6.45) is 0.113. The number of methoxy groups -OCH3 is 1. The van der Waals surface area contributed by atoms with Crippen LogP contribution in [0, 0.1) is 5.92 Å². The molecular weight excluding hydrogens is 253 g/mol. The minimum absolute atomic E-state index is 0.0404. The van der Waals surface area contributed by atoms with Crippen LogP contribution in [0.3, 0.4) is 0 Å². The molecule has 1 heterocycles. The van der Waals surface area contributed by atoms with Gasteiger partial charge < -0.3 is 9.64 Å². The molecule has 1 N–H and O–H groups in total. The van der Waals surface area contributed by atoms with Gasteiger partial charge in [-0.05, 0) is 0 Å². The number of likely N-dealkylation sites (tertiary alicyclic amines) is 1. The van der Waals surface area contributed by atoms with Crippen LogP contribution in [-0.2, 0) is 28.5 Å². The molecule has 1 aliphatic heterocycles. The zero-order chi connectivity index (χ0) is 12.8.